The van der Waals surface area contributed by atoms with Crippen molar-refractivity contribution in [3.8, 4) is 0 Å². The maximum absolute atomic E-state index is 9.04. The number of hydrogen-bond acceptors (Lipinski definition) is 3. The lowest BCUT2D eigenvalue weighted by molar-refractivity contribution is 0.298. The van der Waals surface area contributed by atoms with Gasteiger partial charge in [0.25, 0.3) is 0 Å². The third kappa shape index (κ3) is 2.13. The molecule has 4 heteroatoms. The van der Waals surface area contributed by atoms with Crippen LogP contribution in [0, 0.1) is 13.8 Å². The van der Waals surface area contributed by atoms with E-state index in [1.165, 1.54) is 24.1 Å². The zero-order valence-electron chi connectivity index (χ0n) is 10.2. The predicted octanol–water partition coefficient (Wildman–Crippen LogP) is 0.959. The van der Waals surface area contributed by atoms with Crippen molar-refractivity contribution in [2.24, 2.45) is 0 Å². The molecule has 0 radical (unpaired) electrons. The molecule has 1 aliphatic heterocycles. The monoisotopic (exact) mass is 223 g/mol. The zero-order chi connectivity index (χ0) is 11.5. The second-order valence-electron chi connectivity index (χ2n) is 4.57. The summed E-state index contributed by atoms with van der Waals surface area (Å²) in [5.41, 5.74) is 3.51. The molecule has 90 valence electrons. The number of rotatable bonds is 3. The second-order valence-corrected chi connectivity index (χ2v) is 4.57. The molecule has 1 aliphatic rings. The Bertz CT molecular complexity index is 353. The Balaban J connectivity index is 2.23. The molecule has 2 heterocycles. The number of nitrogens with zero attached hydrogens (tertiary/aromatic N) is 2. The Kier molecular flexibility index (Phi) is 3.61. The molecule has 1 aromatic rings. The minimum atomic E-state index is 0.205. The highest BCUT2D eigenvalue weighted by Crippen LogP contribution is 2.22. The van der Waals surface area contributed by atoms with Crippen LogP contribution in [0.1, 0.15) is 35.8 Å². The van der Waals surface area contributed by atoms with Gasteiger partial charge in [-0.3, -0.25) is 4.68 Å². The number of aliphatic hydroxyl groups is 1. The molecule has 1 saturated heterocycles. The number of nitrogens with one attached hydrogen (secondary N) is 1. The Morgan fingerprint density at radius 2 is 2.31 bits per heavy atom. The van der Waals surface area contributed by atoms with Gasteiger partial charge in [-0.1, -0.05) is 0 Å². The highest BCUT2D eigenvalue weighted by Gasteiger charge is 2.20. The van der Waals surface area contributed by atoms with Crippen molar-refractivity contribution < 1.29 is 5.11 Å². The van der Waals surface area contributed by atoms with E-state index in [0.29, 0.717) is 6.04 Å². The average Bonchev–Trinajstić information content (AvgIpc) is 2.59. The second kappa shape index (κ2) is 4.97. The van der Waals surface area contributed by atoms with Crippen LogP contribution in [0.3, 0.4) is 0 Å². The summed E-state index contributed by atoms with van der Waals surface area (Å²) in [5.74, 6) is 0. The first kappa shape index (κ1) is 11.6. The fourth-order valence-corrected chi connectivity index (χ4v) is 2.57. The van der Waals surface area contributed by atoms with Crippen LogP contribution < -0.4 is 5.32 Å². The number of aliphatic hydroxyl groups excluding tert-OH is 1. The van der Waals surface area contributed by atoms with E-state index in [-0.39, 0.29) is 6.61 Å². The first-order chi connectivity index (χ1) is 7.74. The van der Waals surface area contributed by atoms with Crippen molar-refractivity contribution in [3.63, 3.8) is 0 Å². The quantitative estimate of drug-likeness (QED) is 0.802. The molecule has 2 N–H and O–H groups in total. The van der Waals surface area contributed by atoms with E-state index in [1.54, 1.807) is 0 Å². The van der Waals surface area contributed by atoms with Crippen molar-refractivity contribution in [1.82, 2.24) is 15.1 Å². The fraction of sp³-hybridized carbons (Fsp3) is 0.750. The summed E-state index contributed by atoms with van der Waals surface area (Å²) in [6, 6.07) is 0.486. The van der Waals surface area contributed by atoms with Crippen LogP contribution in [0.2, 0.25) is 0 Å². The third-order valence-electron chi connectivity index (χ3n) is 3.45. The first-order valence-electron chi connectivity index (χ1n) is 6.10. The van der Waals surface area contributed by atoms with Crippen LogP contribution in [0.15, 0.2) is 0 Å². The topological polar surface area (TPSA) is 50.1 Å². The molecule has 2 rings (SSSR count). The van der Waals surface area contributed by atoms with E-state index in [2.05, 4.69) is 22.0 Å². The Hall–Kier alpha value is -0.870. The molecule has 0 spiro atoms. The van der Waals surface area contributed by atoms with Crippen LogP contribution in [0.25, 0.3) is 0 Å². The van der Waals surface area contributed by atoms with Crippen molar-refractivity contribution in [3.05, 3.63) is 17.0 Å². The van der Waals surface area contributed by atoms with E-state index in [4.69, 9.17) is 5.11 Å². The smallest absolute Gasteiger partial charge is 0.0647 e. The van der Waals surface area contributed by atoms with Crippen molar-refractivity contribution in [1.29, 1.82) is 0 Å². The largest absolute Gasteiger partial charge is 0.396 e. The zero-order valence-corrected chi connectivity index (χ0v) is 10.2. The number of piperidine rings is 1. The molecule has 1 aromatic heterocycles. The number of hydrogen-bond donors (Lipinski definition) is 2. The van der Waals surface area contributed by atoms with E-state index < -0.39 is 0 Å². The summed E-state index contributed by atoms with van der Waals surface area (Å²) < 4.78 is 2.15. The SMILES string of the molecule is Cc1nn(C2CCCNC2)c(C)c1CCO. The van der Waals surface area contributed by atoms with Gasteiger partial charge < -0.3 is 10.4 Å². The molecular formula is C12H21N3O. The van der Waals surface area contributed by atoms with Gasteiger partial charge in [0.1, 0.15) is 0 Å². The van der Waals surface area contributed by atoms with Gasteiger partial charge in [0.15, 0.2) is 0 Å². The maximum atomic E-state index is 9.04. The van der Waals surface area contributed by atoms with Gasteiger partial charge in [-0.15, -0.1) is 0 Å². The lowest BCUT2D eigenvalue weighted by Crippen LogP contribution is -2.32. The summed E-state index contributed by atoms with van der Waals surface area (Å²) in [6.45, 7) is 6.49. The summed E-state index contributed by atoms with van der Waals surface area (Å²) in [6.07, 6.45) is 3.14. The number of aromatic nitrogens is 2. The van der Waals surface area contributed by atoms with Gasteiger partial charge in [-0.25, -0.2) is 0 Å². The summed E-state index contributed by atoms with van der Waals surface area (Å²) >= 11 is 0. The van der Waals surface area contributed by atoms with E-state index >= 15 is 0 Å². The normalized spacial score (nSPS) is 21.3. The fourth-order valence-electron chi connectivity index (χ4n) is 2.57. The number of aryl methyl sites for hydroxylation is 1. The molecule has 0 saturated carbocycles. The molecule has 0 amide bonds. The molecule has 16 heavy (non-hydrogen) atoms. The highest BCUT2D eigenvalue weighted by atomic mass is 16.2. The van der Waals surface area contributed by atoms with Crippen LogP contribution in [0.5, 0.6) is 0 Å². The summed E-state index contributed by atoms with van der Waals surface area (Å²) in [5, 5.41) is 17.1. The average molecular weight is 223 g/mol. The third-order valence-corrected chi connectivity index (χ3v) is 3.45. The van der Waals surface area contributed by atoms with Crippen LogP contribution in [0.4, 0.5) is 0 Å². The minimum Gasteiger partial charge on any atom is -0.396 e. The van der Waals surface area contributed by atoms with Crippen LogP contribution in [-0.4, -0.2) is 34.6 Å². The van der Waals surface area contributed by atoms with Gasteiger partial charge in [-0.05, 0) is 45.2 Å². The Morgan fingerprint density at radius 1 is 1.50 bits per heavy atom. The van der Waals surface area contributed by atoms with Gasteiger partial charge in [-0.2, -0.15) is 5.10 Å². The van der Waals surface area contributed by atoms with Crippen molar-refractivity contribution >= 4 is 0 Å². The molecular weight excluding hydrogens is 202 g/mol. The lowest BCUT2D eigenvalue weighted by Gasteiger charge is -2.24. The lowest BCUT2D eigenvalue weighted by atomic mass is 10.1. The summed E-state index contributed by atoms with van der Waals surface area (Å²) in [4.78, 5) is 0. The Morgan fingerprint density at radius 3 is 2.94 bits per heavy atom. The van der Waals surface area contributed by atoms with E-state index in [1.807, 2.05) is 6.92 Å². The Labute approximate surface area is 96.7 Å². The van der Waals surface area contributed by atoms with Gasteiger partial charge in [0.05, 0.1) is 11.7 Å². The molecule has 1 atom stereocenters. The maximum Gasteiger partial charge on any atom is 0.0647 e. The van der Waals surface area contributed by atoms with Crippen molar-refractivity contribution in [2.45, 2.75) is 39.2 Å². The minimum absolute atomic E-state index is 0.205. The molecule has 4 nitrogen and oxygen atoms in total. The molecule has 1 fully saturated rings. The van der Waals surface area contributed by atoms with Crippen molar-refractivity contribution in [2.75, 3.05) is 19.7 Å². The standard InChI is InChI=1S/C12H21N3O/c1-9-12(5-7-16)10(2)15(14-9)11-4-3-6-13-8-11/h11,13,16H,3-8H2,1-2H3. The van der Waals surface area contributed by atoms with E-state index in [0.717, 1.165) is 25.2 Å². The molecule has 1 unspecified atom stereocenters. The van der Waals surface area contributed by atoms with Gasteiger partial charge in [0, 0.05) is 18.8 Å². The first-order valence-corrected chi connectivity index (χ1v) is 6.10. The van der Waals surface area contributed by atoms with Gasteiger partial charge >= 0.3 is 0 Å². The molecule has 0 bridgehead atoms. The summed E-state index contributed by atoms with van der Waals surface area (Å²) in [7, 11) is 0. The molecule has 0 aromatic carbocycles. The van der Waals surface area contributed by atoms with Crippen LogP contribution >= 0.6 is 0 Å². The van der Waals surface area contributed by atoms with Crippen LogP contribution in [-0.2, 0) is 6.42 Å². The van der Waals surface area contributed by atoms with Gasteiger partial charge in [0.2, 0.25) is 0 Å². The molecule has 0 aliphatic carbocycles. The highest BCUT2D eigenvalue weighted by molar-refractivity contribution is 5.25. The van der Waals surface area contributed by atoms with E-state index in [9.17, 15) is 0 Å². The predicted molar refractivity (Wildman–Crippen MR) is 63.6 cm³/mol.